The molecular formula is C18H18N4O5S. The number of hydrogen-bond acceptors (Lipinski definition) is 8. The van der Waals surface area contributed by atoms with E-state index in [4.69, 9.17) is 9.94 Å². The first-order valence-electron chi connectivity index (χ1n) is 8.37. The normalized spacial score (nSPS) is 19.0. The molecule has 0 spiro atoms. The molecule has 1 aromatic carbocycles. The van der Waals surface area contributed by atoms with E-state index >= 15 is 0 Å². The number of nitrogens with one attached hydrogen (secondary N) is 1. The van der Waals surface area contributed by atoms with Gasteiger partial charge in [0, 0.05) is 17.4 Å². The topological polar surface area (TPSA) is 121 Å². The summed E-state index contributed by atoms with van der Waals surface area (Å²) in [6, 6.07) is 5.95. The summed E-state index contributed by atoms with van der Waals surface area (Å²) in [7, 11) is 1.45. The number of hydrogen-bond donors (Lipinski definition) is 2. The molecule has 0 radical (unpaired) electrons. The van der Waals surface area contributed by atoms with E-state index in [2.05, 4.69) is 15.5 Å². The third-order valence-electron chi connectivity index (χ3n) is 4.14. The lowest BCUT2D eigenvalue weighted by Gasteiger charge is -2.16. The van der Waals surface area contributed by atoms with E-state index in [1.807, 2.05) is 0 Å². The van der Waals surface area contributed by atoms with Crippen LogP contribution in [0.3, 0.4) is 0 Å². The van der Waals surface area contributed by atoms with Crippen LogP contribution in [0.2, 0.25) is 0 Å². The fourth-order valence-corrected chi connectivity index (χ4v) is 3.66. The fraction of sp³-hybridized carbons (Fsp3) is 0.278. The van der Waals surface area contributed by atoms with E-state index in [1.54, 1.807) is 24.3 Å². The lowest BCUT2D eigenvalue weighted by Crippen LogP contribution is -2.40. The maximum atomic E-state index is 12.5. The van der Waals surface area contributed by atoms with Gasteiger partial charge in [0.05, 0.1) is 31.5 Å². The number of aliphatic imine (C=N–C) groups is 1. The largest absolute Gasteiger partial charge is 0.499 e. The van der Waals surface area contributed by atoms with E-state index in [1.165, 1.54) is 31.2 Å². The molecule has 2 aliphatic rings. The summed E-state index contributed by atoms with van der Waals surface area (Å²) in [6.45, 7) is 0.297. The van der Waals surface area contributed by atoms with Crippen molar-refractivity contribution in [2.75, 3.05) is 26.0 Å². The van der Waals surface area contributed by atoms with Gasteiger partial charge in [-0.25, -0.2) is 0 Å². The summed E-state index contributed by atoms with van der Waals surface area (Å²) < 4.78 is 5.01. The van der Waals surface area contributed by atoms with Gasteiger partial charge in [0.2, 0.25) is 0 Å². The number of amides is 3. The molecule has 28 heavy (non-hydrogen) atoms. The molecular weight excluding hydrogens is 384 g/mol. The predicted octanol–water partition coefficient (Wildman–Crippen LogP) is 0.637. The average molecular weight is 402 g/mol. The van der Waals surface area contributed by atoms with Crippen LogP contribution in [-0.2, 0) is 14.3 Å². The van der Waals surface area contributed by atoms with Gasteiger partial charge < -0.3 is 15.3 Å². The number of rotatable bonds is 6. The quantitative estimate of drug-likeness (QED) is 0.312. The van der Waals surface area contributed by atoms with Gasteiger partial charge in [-0.15, -0.1) is 11.8 Å². The highest BCUT2D eigenvalue weighted by molar-refractivity contribution is 8.14. The highest BCUT2D eigenvalue weighted by Gasteiger charge is 2.35. The van der Waals surface area contributed by atoms with Crippen LogP contribution >= 0.6 is 11.8 Å². The Hall–Kier alpha value is -3.14. The summed E-state index contributed by atoms with van der Waals surface area (Å²) in [5.74, 6) is -0.240. The molecule has 0 aromatic heterocycles. The Morgan fingerprint density at radius 1 is 1.50 bits per heavy atom. The Labute approximate surface area is 165 Å². The maximum Gasteiger partial charge on any atom is 0.257 e. The molecule has 0 saturated carbocycles. The second-order valence-corrected chi connectivity index (χ2v) is 7.07. The van der Waals surface area contributed by atoms with E-state index in [0.717, 1.165) is 4.90 Å². The first kappa shape index (κ1) is 19.6. The molecule has 0 bridgehead atoms. The second kappa shape index (κ2) is 8.70. The maximum absolute atomic E-state index is 12.5. The molecule has 3 rings (SSSR count). The number of carbonyl (C=O) groups is 3. The molecule has 146 valence electrons. The van der Waals surface area contributed by atoms with Crippen molar-refractivity contribution in [2.24, 2.45) is 10.1 Å². The molecule has 0 aliphatic carbocycles. The lowest BCUT2D eigenvalue weighted by atomic mass is 10.1. The van der Waals surface area contributed by atoms with E-state index in [9.17, 15) is 14.4 Å². The van der Waals surface area contributed by atoms with Crippen LogP contribution in [0.1, 0.15) is 15.9 Å². The fourth-order valence-electron chi connectivity index (χ4n) is 2.72. The molecule has 2 N–H and O–H groups in total. The molecule has 2 heterocycles. The Bertz CT molecular complexity index is 896. The van der Waals surface area contributed by atoms with E-state index in [0.29, 0.717) is 27.7 Å². The Kier molecular flexibility index (Phi) is 6.09. The van der Waals surface area contributed by atoms with Gasteiger partial charge in [-0.3, -0.25) is 24.3 Å². The third-order valence-corrected chi connectivity index (χ3v) is 5.21. The number of oxime groups is 1. The van der Waals surface area contributed by atoms with Gasteiger partial charge in [-0.05, 0) is 17.7 Å². The molecule has 1 atom stereocenters. The Morgan fingerprint density at radius 2 is 2.32 bits per heavy atom. The van der Waals surface area contributed by atoms with Crippen LogP contribution in [0.5, 0.6) is 0 Å². The molecule has 3 amide bonds. The van der Waals surface area contributed by atoms with Crippen molar-refractivity contribution in [3.8, 4) is 0 Å². The van der Waals surface area contributed by atoms with Crippen LogP contribution in [0, 0.1) is 0 Å². The number of benzene rings is 1. The average Bonchev–Trinajstić information content (AvgIpc) is 3.32. The summed E-state index contributed by atoms with van der Waals surface area (Å²) in [4.78, 5) is 42.1. The molecule has 0 fully saturated rings. The SMILES string of the molecule is COC1=CC(=O)N(C(=O)[C@H]2CSC(CNC(=O)c3cccc(/C=N/O)c3)=N2)C1. The van der Waals surface area contributed by atoms with Gasteiger partial charge in [0.25, 0.3) is 17.7 Å². The van der Waals surface area contributed by atoms with Gasteiger partial charge in [-0.2, -0.15) is 0 Å². The van der Waals surface area contributed by atoms with Crippen LogP contribution in [0.25, 0.3) is 0 Å². The van der Waals surface area contributed by atoms with Gasteiger partial charge >= 0.3 is 0 Å². The van der Waals surface area contributed by atoms with Crippen LogP contribution in [-0.4, -0.2) is 71.1 Å². The molecule has 0 saturated heterocycles. The number of nitrogens with zero attached hydrogens (tertiary/aromatic N) is 3. The number of ether oxygens (including phenoxy) is 1. The summed E-state index contributed by atoms with van der Waals surface area (Å²) >= 11 is 1.37. The number of thioether (sulfide) groups is 1. The van der Waals surface area contributed by atoms with Crippen molar-refractivity contribution in [3.63, 3.8) is 0 Å². The summed E-state index contributed by atoms with van der Waals surface area (Å²) in [5.41, 5.74) is 1.00. The van der Waals surface area contributed by atoms with Gasteiger partial charge in [-0.1, -0.05) is 17.3 Å². The van der Waals surface area contributed by atoms with Crippen molar-refractivity contribution in [3.05, 3.63) is 47.2 Å². The molecule has 9 nitrogen and oxygen atoms in total. The standard InChI is InChI=1S/C18H18N4O5S/c1-27-13-6-16(23)22(9-13)18(25)14-10-28-15(21-14)8-19-17(24)12-4-2-3-11(5-12)7-20-26/h2-7,14,26H,8-10H2,1H3,(H,19,24)/b20-7+/t14-/m1/s1. The number of carbonyl (C=O) groups excluding carboxylic acids is 3. The molecule has 10 heteroatoms. The van der Waals surface area contributed by atoms with Crippen molar-refractivity contribution >= 4 is 40.7 Å². The lowest BCUT2D eigenvalue weighted by molar-refractivity contribution is -0.141. The highest BCUT2D eigenvalue weighted by atomic mass is 32.2. The monoisotopic (exact) mass is 402 g/mol. The Morgan fingerprint density at radius 3 is 3.04 bits per heavy atom. The summed E-state index contributed by atoms with van der Waals surface area (Å²) in [5, 5.41) is 14.9. The number of methoxy groups -OCH3 is 1. The zero-order valence-corrected chi connectivity index (χ0v) is 15.8. The van der Waals surface area contributed by atoms with Crippen molar-refractivity contribution < 1.29 is 24.3 Å². The first-order chi connectivity index (χ1) is 13.5. The van der Waals surface area contributed by atoms with Gasteiger partial charge in [0.15, 0.2) is 0 Å². The smallest absolute Gasteiger partial charge is 0.257 e. The minimum Gasteiger partial charge on any atom is -0.499 e. The minimum absolute atomic E-state index is 0.115. The minimum atomic E-state index is -0.658. The molecule has 1 aromatic rings. The van der Waals surface area contributed by atoms with Gasteiger partial charge in [0.1, 0.15) is 11.8 Å². The zero-order chi connectivity index (χ0) is 20.1. The predicted molar refractivity (Wildman–Crippen MR) is 104 cm³/mol. The van der Waals surface area contributed by atoms with Crippen molar-refractivity contribution in [2.45, 2.75) is 6.04 Å². The van der Waals surface area contributed by atoms with Crippen LogP contribution in [0.15, 0.2) is 46.2 Å². The first-order valence-corrected chi connectivity index (χ1v) is 9.35. The highest BCUT2D eigenvalue weighted by Crippen LogP contribution is 2.22. The number of imide groups is 1. The van der Waals surface area contributed by atoms with Crippen LogP contribution in [0.4, 0.5) is 0 Å². The van der Waals surface area contributed by atoms with E-state index in [-0.39, 0.29) is 24.9 Å². The Balaban J connectivity index is 1.56. The van der Waals surface area contributed by atoms with Crippen molar-refractivity contribution in [1.29, 1.82) is 0 Å². The summed E-state index contributed by atoms with van der Waals surface area (Å²) in [6.07, 6.45) is 2.52. The zero-order valence-electron chi connectivity index (χ0n) is 15.0. The molecule has 0 unspecified atom stereocenters. The van der Waals surface area contributed by atoms with Crippen LogP contribution < -0.4 is 5.32 Å². The molecule has 2 aliphatic heterocycles. The third kappa shape index (κ3) is 4.39. The van der Waals surface area contributed by atoms with Crippen molar-refractivity contribution in [1.82, 2.24) is 10.2 Å². The second-order valence-electron chi connectivity index (χ2n) is 5.98. The van der Waals surface area contributed by atoms with E-state index < -0.39 is 11.9 Å².